The fraction of sp³-hybridized carbons (Fsp3) is 0.583. The molecule has 2 rings (SSSR count). The van der Waals surface area contributed by atoms with E-state index in [1.165, 1.54) is 0 Å². The van der Waals surface area contributed by atoms with Gasteiger partial charge in [0.15, 0.2) is 0 Å². The highest BCUT2D eigenvalue weighted by atomic mass is 32.1. The SMILES string of the molecule is CCCC1(O)CN(C(=O)Cc2ccsc2)C1. The van der Waals surface area contributed by atoms with Gasteiger partial charge >= 0.3 is 0 Å². The van der Waals surface area contributed by atoms with Crippen molar-refractivity contribution in [2.24, 2.45) is 0 Å². The molecule has 1 fully saturated rings. The van der Waals surface area contributed by atoms with Crippen molar-refractivity contribution in [1.82, 2.24) is 4.90 Å². The van der Waals surface area contributed by atoms with Gasteiger partial charge in [-0.3, -0.25) is 4.79 Å². The molecule has 1 aromatic heterocycles. The molecule has 1 aliphatic rings. The third kappa shape index (κ3) is 2.44. The summed E-state index contributed by atoms with van der Waals surface area (Å²) in [6.07, 6.45) is 2.21. The zero-order valence-corrected chi connectivity index (χ0v) is 10.3. The van der Waals surface area contributed by atoms with E-state index in [1.807, 2.05) is 23.8 Å². The molecule has 0 spiro atoms. The Labute approximate surface area is 99.7 Å². The molecule has 88 valence electrons. The van der Waals surface area contributed by atoms with Crippen LogP contribution in [0.15, 0.2) is 16.8 Å². The zero-order valence-electron chi connectivity index (χ0n) is 9.48. The van der Waals surface area contributed by atoms with Gasteiger partial charge in [0.2, 0.25) is 5.91 Å². The summed E-state index contributed by atoms with van der Waals surface area (Å²) in [6, 6.07) is 1.97. The second-order valence-electron chi connectivity index (χ2n) is 4.53. The van der Waals surface area contributed by atoms with Gasteiger partial charge in [-0.15, -0.1) is 0 Å². The van der Waals surface area contributed by atoms with Crippen molar-refractivity contribution >= 4 is 17.2 Å². The second-order valence-corrected chi connectivity index (χ2v) is 5.31. The van der Waals surface area contributed by atoms with Crippen LogP contribution in [0.2, 0.25) is 0 Å². The Morgan fingerprint density at radius 3 is 2.94 bits per heavy atom. The lowest BCUT2D eigenvalue weighted by Crippen LogP contribution is -2.63. The Bertz CT molecular complexity index is 355. The van der Waals surface area contributed by atoms with Gasteiger partial charge in [-0.25, -0.2) is 0 Å². The smallest absolute Gasteiger partial charge is 0.227 e. The van der Waals surface area contributed by atoms with Crippen LogP contribution in [0.4, 0.5) is 0 Å². The Morgan fingerprint density at radius 1 is 1.62 bits per heavy atom. The molecular weight excluding hydrogens is 222 g/mol. The first kappa shape index (κ1) is 11.6. The predicted octanol–water partition coefficient (Wildman–Crippen LogP) is 1.66. The lowest BCUT2D eigenvalue weighted by Gasteiger charge is -2.46. The predicted molar refractivity (Wildman–Crippen MR) is 64.5 cm³/mol. The molecule has 4 heteroatoms. The highest BCUT2D eigenvalue weighted by Crippen LogP contribution is 2.26. The summed E-state index contributed by atoms with van der Waals surface area (Å²) in [5.41, 5.74) is 0.458. The number of thiophene rings is 1. The molecule has 0 saturated carbocycles. The molecule has 1 amide bonds. The van der Waals surface area contributed by atoms with Crippen LogP contribution in [0, 0.1) is 0 Å². The van der Waals surface area contributed by atoms with E-state index in [0.29, 0.717) is 19.5 Å². The minimum absolute atomic E-state index is 0.124. The summed E-state index contributed by atoms with van der Waals surface area (Å²) in [4.78, 5) is 13.5. The second kappa shape index (κ2) is 4.55. The van der Waals surface area contributed by atoms with Crippen molar-refractivity contribution in [3.05, 3.63) is 22.4 Å². The first-order valence-electron chi connectivity index (χ1n) is 5.64. The molecule has 1 aliphatic heterocycles. The Hall–Kier alpha value is -0.870. The quantitative estimate of drug-likeness (QED) is 0.868. The molecule has 0 aliphatic carbocycles. The number of amides is 1. The number of aliphatic hydroxyl groups is 1. The first-order chi connectivity index (χ1) is 7.63. The Morgan fingerprint density at radius 2 is 2.38 bits per heavy atom. The summed E-state index contributed by atoms with van der Waals surface area (Å²) in [6.45, 7) is 3.06. The molecule has 1 N–H and O–H groups in total. The van der Waals surface area contributed by atoms with Crippen LogP contribution in [0.25, 0.3) is 0 Å². The number of carbonyl (C=O) groups excluding carboxylic acids is 1. The molecule has 0 atom stereocenters. The molecular formula is C12H17NO2S. The minimum atomic E-state index is -0.612. The molecule has 1 aromatic rings. The maximum absolute atomic E-state index is 11.8. The van der Waals surface area contributed by atoms with Gasteiger partial charge in [0, 0.05) is 0 Å². The molecule has 2 heterocycles. The first-order valence-corrected chi connectivity index (χ1v) is 6.58. The minimum Gasteiger partial charge on any atom is -0.386 e. The summed E-state index contributed by atoms with van der Waals surface area (Å²) in [5.74, 6) is 0.124. The fourth-order valence-corrected chi connectivity index (χ4v) is 2.81. The van der Waals surface area contributed by atoms with Gasteiger partial charge in [0.25, 0.3) is 0 Å². The number of likely N-dealkylation sites (tertiary alicyclic amines) is 1. The van der Waals surface area contributed by atoms with Gasteiger partial charge in [0.05, 0.1) is 25.1 Å². The van der Waals surface area contributed by atoms with Crippen LogP contribution in [0.1, 0.15) is 25.3 Å². The van der Waals surface area contributed by atoms with Crippen molar-refractivity contribution in [1.29, 1.82) is 0 Å². The highest BCUT2D eigenvalue weighted by Gasteiger charge is 2.42. The largest absolute Gasteiger partial charge is 0.386 e. The average Bonchev–Trinajstić information content (AvgIpc) is 2.66. The van der Waals surface area contributed by atoms with Crippen LogP contribution >= 0.6 is 11.3 Å². The van der Waals surface area contributed by atoms with Gasteiger partial charge in [-0.1, -0.05) is 13.3 Å². The van der Waals surface area contributed by atoms with Crippen LogP contribution in [0.3, 0.4) is 0 Å². The third-order valence-corrected chi connectivity index (χ3v) is 3.71. The number of hydrogen-bond donors (Lipinski definition) is 1. The molecule has 3 nitrogen and oxygen atoms in total. The molecule has 0 unspecified atom stereocenters. The van der Waals surface area contributed by atoms with Crippen LogP contribution < -0.4 is 0 Å². The molecule has 1 saturated heterocycles. The number of nitrogens with zero attached hydrogens (tertiary/aromatic N) is 1. The normalized spacial score (nSPS) is 18.2. The van der Waals surface area contributed by atoms with E-state index in [9.17, 15) is 9.90 Å². The fourth-order valence-electron chi connectivity index (χ4n) is 2.14. The number of rotatable bonds is 4. The number of hydrogen-bond acceptors (Lipinski definition) is 3. The maximum Gasteiger partial charge on any atom is 0.227 e. The van der Waals surface area contributed by atoms with Crippen molar-refractivity contribution in [3.63, 3.8) is 0 Å². The topological polar surface area (TPSA) is 40.5 Å². The molecule has 0 radical (unpaired) electrons. The van der Waals surface area contributed by atoms with E-state index in [4.69, 9.17) is 0 Å². The summed E-state index contributed by atoms with van der Waals surface area (Å²) >= 11 is 1.61. The average molecular weight is 239 g/mol. The van der Waals surface area contributed by atoms with Gasteiger partial charge < -0.3 is 10.0 Å². The number of β-amino-alcohol motifs (C(OH)–C–C–N with tert-alkyl or cyclic N) is 1. The lowest BCUT2D eigenvalue weighted by atomic mass is 9.89. The van der Waals surface area contributed by atoms with E-state index >= 15 is 0 Å². The van der Waals surface area contributed by atoms with Crippen LogP contribution in [0.5, 0.6) is 0 Å². The Kier molecular flexibility index (Phi) is 3.30. The van der Waals surface area contributed by atoms with Crippen molar-refractivity contribution < 1.29 is 9.90 Å². The van der Waals surface area contributed by atoms with E-state index in [1.54, 1.807) is 16.2 Å². The van der Waals surface area contributed by atoms with Crippen molar-refractivity contribution in [3.8, 4) is 0 Å². The maximum atomic E-state index is 11.8. The Balaban J connectivity index is 1.81. The van der Waals surface area contributed by atoms with Gasteiger partial charge in [-0.05, 0) is 28.8 Å². The number of carbonyl (C=O) groups is 1. The monoisotopic (exact) mass is 239 g/mol. The highest BCUT2D eigenvalue weighted by molar-refractivity contribution is 7.07. The lowest BCUT2D eigenvalue weighted by molar-refractivity contribution is -0.155. The van der Waals surface area contributed by atoms with Crippen molar-refractivity contribution in [2.45, 2.75) is 31.8 Å². The van der Waals surface area contributed by atoms with E-state index in [-0.39, 0.29) is 5.91 Å². The molecule has 0 bridgehead atoms. The zero-order chi connectivity index (χ0) is 11.6. The van der Waals surface area contributed by atoms with Crippen LogP contribution in [-0.2, 0) is 11.2 Å². The van der Waals surface area contributed by atoms with Crippen LogP contribution in [-0.4, -0.2) is 34.6 Å². The molecule has 0 aromatic carbocycles. The van der Waals surface area contributed by atoms with Gasteiger partial charge in [0.1, 0.15) is 0 Å². The van der Waals surface area contributed by atoms with E-state index in [0.717, 1.165) is 18.4 Å². The standard InChI is InChI=1S/C12H17NO2S/c1-2-4-12(15)8-13(9-12)11(14)6-10-3-5-16-7-10/h3,5,7,15H,2,4,6,8-9H2,1H3. The summed E-state index contributed by atoms with van der Waals surface area (Å²) < 4.78 is 0. The van der Waals surface area contributed by atoms with Crippen molar-refractivity contribution in [2.75, 3.05) is 13.1 Å². The van der Waals surface area contributed by atoms with E-state index < -0.39 is 5.60 Å². The summed E-state index contributed by atoms with van der Waals surface area (Å²) in [5, 5.41) is 13.9. The van der Waals surface area contributed by atoms with Gasteiger partial charge in [-0.2, -0.15) is 11.3 Å². The third-order valence-electron chi connectivity index (χ3n) is 2.97. The van der Waals surface area contributed by atoms with E-state index in [2.05, 4.69) is 0 Å². The molecule has 16 heavy (non-hydrogen) atoms. The summed E-state index contributed by atoms with van der Waals surface area (Å²) in [7, 11) is 0.